The van der Waals surface area contributed by atoms with Crippen LogP contribution in [0.15, 0.2) is 188 Å². The number of fused-ring (bicyclic) bond motifs is 8. The highest BCUT2D eigenvalue weighted by atomic mass is 16.5. The molecule has 6 heteroatoms. The zero-order valence-electron chi connectivity index (χ0n) is 29.0. The predicted molar refractivity (Wildman–Crippen MR) is 217 cm³/mol. The molecule has 0 unspecified atom stereocenters. The van der Waals surface area contributed by atoms with E-state index in [0.717, 1.165) is 67.3 Å². The number of para-hydroxylation sites is 5. The summed E-state index contributed by atoms with van der Waals surface area (Å²) in [4.78, 5) is 4.83. The van der Waals surface area contributed by atoms with Gasteiger partial charge < -0.3 is 9.30 Å². The van der Waals surface area contributed by atoms with Crippen LogP contribution in [0.25, 0.3) is 77.5 Å². The minimum Gasteiger partial charge on any atom is -0.458 e. The van der Waals surface area contributed by atoms with Gasteiger partial charge in [-0.2, -0.15) is 0 Å². The Bertz CT molecular complexity index is 3180. The molecule has 0 radical (unpaired) electrons. The maximum Gasteiger partial charge on any atom is 0.269 e. The van der Waals surface area contributed by atoms with Crippen LogP contribution in [-0.2, 0) is 0 Å². The van der Waals surface area contributed by atoms with Crippen LogP contribution in [0.5, 0.6) is 11.5 Å². The van der Waals surface area contributed by atoms with E-state index < -0.39 is 0 Å². The van der Waals surface area contributed by atoms with E-state index in [-0.39, 0.29) is 0 Å². The number of hydrogen-bond acceptors (Lipinski definition) is 2. The largest absolute Gasteiger partial charge is 0.458 e. The summed E-state index contributed by atoms with van der Waals surface area (Å²) in [5.41, 5.74) is 9.72. The van der Waals surface area contributed by atoms with Gasteiger partial charge in [-0.25, -0.2) is 4.98 Å². The average molecular weight is 694 g/mol. The van der Waals surface area contributed by atoms with Gasteiger partial charge in [0.25, 0.3) is 6.33 Å². The second-order valence-electron chi connectivity index (χ2n) is 13.4. The van der Waals surface area contributed by atoms with Gasteiger partial charge in [-0.05, 0) is 84.9 Å². The standard InChI is InChI=1S/C48H31N5O/c1-3-14-33(15-4-1)50-32-51(42-23-10-9-22-41(42)50)35-18-13-19-36(30-35)54-37-25-26-39-45(31-37)53(46-24-11-12-29-49-46)44-28-27-43-47(48(39)44)38-20-7-8-21-40(38)52(43)34-16-5-2-6-17-34/h1-31H. The number of rotatable bonds is 6. The van der Waals surface area contributed by atoms with E-state index in [0.29, 0.717) is 0 Å². The van der Waals surface area contributed by atoms with Crippen molar-refractivity contribution in [2.75, 3.05) is 0 Å². The van der Waals surface area contributed by atoms with Crippen molar-refractivity contribution in [3.63, 3.8) is 0 Å². The highest BCUT2D eigenvalue weighted by Crippen LogP contribution is 2.43. The first kappa shape index (κ1) is 30.2. The summed E-state index contributed by atoms with van der Waals surface area (Å²) in [5, 5.41) is 4.75. The molecule has 0 spiro atoms. The second-order valence-corrected chi connectivity index (χ2v) is 13.4. The first-order chi connectivity index (χ1) is 26.8. The summed E-state index contributed by atoms with van der Waals surface area (Å²) < 4.78 is 15.5. The lowest BCUT2D eigenvalue weighted by atomic mass is 10.1. The van der Waals surface area contributed by atoms with Crippen molar-refractivity contribution >= 4 is 54.6 Å². The molecule has 254 valence electrons. The molecule has 0 atom stereocenters. The van der Waals surface area contributed by atoms with Crippen LogP contribution in [0.2, 0.25) is 0 Å². The molecule has 0 saturated carbocycles. The molecule has 11 rings (SSSR count). The van der Waals surface area contributed by atoms with Gasteiger partial charge in [0.05, 0.1) is 44.5 Å². The maximum atomic E-state index is 6.69. The smallest absolute Gasteiger partial charge is 0.269 e. The average Bonchev–Trinajstić information content (AvgIpc) is 3.90. The van der Waals surface area contributed by atoms with Crippen LogP contribution >= 0.6 is 0 Å². The molecule has 0 amide bonds. The lowest BCUT2D eigenvalue weighted by Crippen LogP contribution is -2.29. The van der Waals surface area contributed by atoms with Gasteiger partial charge in [0.15, 0.2) is 0 Å². The van der Waals surface area contributed by atoms with Gasteiger partial charge in [0.2, 0.25) is 0 Å². The quantitative estimate of drug-likeness (QED) is 0.128. The van der Waals surface area contributed by atoms with Gasteiger partial charge in [0, 0.05) is 39.5 Å². The van der Waals surface area contributed by atoms with Crippen molar-refractivity contribution in [1.82, 2.24) is 18.7 Å². The fourth-order valence-corrected chi connectivity index (χ4v) is 8.04. The van der Waals surface area contributed by atoms with Gasteiger partial charge >= 0.3 is 0 Å². The normalized spacial score (nSPS) is 11.7. The first-order valence-electron chi connectivity index (χ1n) is 18.1. The van der Waals surface area contributed by atoms with E-state index in [1.165, 1.54) is 21.7 Å². The zero-order valence-corrected chi connectivity index (χ0v) is 29.0. The summed E-state index contributed by atoms with van der Waals surface area (Å²) in [5.74, 6) is 2.32. The molecule has 11 aromatic rings. The molecule has 0 bridgehead atoms. The van der Waals surface area contributed by atoms with Crippen LogP contribution in [0, 0.1) is 6.33 Å². The minimum atomic E-state index is 0.734. The monoisotopic (exact) mass is 693 g/mol. The number of aromatic nitrogens is 5. The number of hydrogen-bond donors (Lipinski definition) is 0. The molecule has 0 saturated heterocycles. The van der Waals surface area contributed by atoms with Crippen LogP contribution in [0.3, 0.4) is 0 Å². The van der Waals surface area contributed by atoms with Crippen molar-refractivity contribution < 1.29 is 9.30 Å². The third-order valence-electron chi connectivity index (χ3n) is 10.3. The summed E-state index contributed by atoms with van der Waals surface area (Å²) in [6, 6.07) is 63.1. The number of nitrogens with zero attached hydrogens (tertiary/aromatic N) is 5. The molecule has 54 heavy (non-hydrogen) atoms. The molecule has 0 aliphatic heterocycles. The molecular formula is C48H31N5O. The fraction of sp³-hybridized carbons (Fsp3) is 0. The van der Waals surface area contributed by atoms with Crippen molar-refractivity contribution in [2.45, 2.75) is 0 Å². The molecule has 4 aromatic heterocycles. The van der Waals surface area contributed by atoms with Crippen LogP contribution in [0.1, 0.15) is 0 Å². The summed E-state index contributed by atoms with van der Waals surface area (Å²) in [6.45, 7) is 0. The predicted octanol–water partition coefficient (Wildman–Crippen LogP) is 11.1. The maximum absolute atomic E-state index is 6.69. The van der Waals surface area contributed by atoms with Crippen molar-refractivity contribution in [1.29, 1.82) is 0 Å². The van der Waals surface area contributed by atoms with Crippen LogP contribution in [-0.4, -0.2) is 18.7 Å². The van der Waals surface area contributed by atoms with Gasteiger partial charge in [-0.3, -0.25) is 13.7 Å². The lowest BCUT2D eigenvalue weighted by Gasteiger charge is -2.10. The van der Waals surface area contributed by atoms with E-state index in [4.69, 9.17) is 9.72 Å². The van der Waals surface area contributed by atoms with Gasteiger partial charge in [-0.1, -0.05) is 91.0 Å². The van der Waals surface area contributed by atoms with Crippen molar-refractivity contribution in [3.8, 4) is 34.4 Å². The lowest BCUT2D eigenvalue weighted by molar-refractivity contribution is -0.572. The second kappa shape index (κ2) is 12.1. The summed E-state index contributed by atoms with van der Waals surface area (Å²) >= 11 is 0. The van der Waals surface area contributed by atoms with E-state index in [1.807, 2.05) is 48.7 Å². The Morgan fingerprint density at radius 3 is 1.93 bits per heavy atom. The molecule has 7 aromatic carbocycles. The molecule has 6 nitrogen and oxygen atoms in total. The zero-order chi connectivity index (χ0) is 35.6. The number of ether oxygens (including phenoxy) is 1. The number of benzene rings is 7. The summed E-state index contributed by atoms with van der Waals surface area (Å²) in [7, 11) is 0. The Balaban J connectivity index is 1.08. The molecule has 4 heterocycles. The van der Waals surface area contributed by atoms with E-state index in [2.05, 4.69) is 164 Å². The third-order valence-corrected chi connectivity index (χ3v) is 10.3. The minimum absolute atomic E-state index is 0.734. The van der Waals surface area contributed by atoms with E-state index in [9.17, 15) is 0 Å². The molecule has 0 N–H and O–H groups in total. The molecule has 0 aliphatic carbocycles. The highest BCUT2D eigenvalue weighted by molar-refractivity contribution is 6.29. The molecule has 0 aliphatic rings. The van der Waals surface area contributed by atoms with E-state index >= 15 is 0 Å². The Hall–Kier alpha value is -7.44. The molecule has 0 fully saturated rings. The van der Waals surface area contributed by atoms with Crippen molar-refractivity contribution in [2.24, 2.45) is 0 Å². The SMILES string of the molecule is [c-]1n(-c2ccccc2)c2ccccc2[n+]1-c1cccc(Oc2ccc3c4c5c6ccccc6n(-c6ccccc6)c5ccc4n(-c4ccccn4)c3c2)c1. The van der Waals surface area contributed by atoms with E-state index in [1.54, 1.807) is 0 Å². The third kappa shape index (κ3) is 4.67. The number of imidazole rings is 1. The Kier molecular flexibility index (Phi) is 6.75. The highest BCUT2D eigenvalue weighted by Gasteiger charge is 2.21. The topological polar surface area (TPSA) is 40.8 Å². The Morgan fingerprint density at radius 2 is 1.13 bits per heavy atom. The van der Waals surface area contributed by atoms with Crippen LogP contribution < -0.4 is 9.30 Å². The first-order valence-corrected chi connectivity index (χ1v) is 18.1. The fourth-order valence-electron chi connectivity index (χ4n) is 8.04. The van der Waals surface area contributed by atoms with Crippen LogP contribution in [0.4, 0.5) is 0 Å². The van der Waals surface area contributed by atoms with Gasteiger partial charge in [-0.15, -0.1) is 0 Å². The number of pyridine rings is 1. The van der Waals surface area contributed by atoms with Gasteiger partial charge in [0.1, 0.15) is 17.3 Å². The Morgan fingerprint density at radius 1 is 0.463 bits per heavy atom. The Labute approximate surface area is 310 Å². The molecular weight excluding hydrogens is 663 g/mol. The van der Waals surface area contributed by atoms with Crippen molar-refractivity contribution in [3.05, 3.63) is 195 Å². The summed E-state index contributed by atoms with van der Waals surface area (Å²) in [6.07, 6.45) is 5.43.